The summed E-state index contributed by atoms with van der Waals surface area (Å²) in [5.41, 5.74) is 3.99. The lowest BCUT2D eigenvalue weighted by Gasteiger charge is -2.20. The maximum Gasteiger partial charge on any atom is 0.292 e. The van der Waals surface area contributed by atoms with Gasteiger partial charge in [0.05, 0.1) is 4.92 Å². The zero-order valence-electron chi connectivity index (χ0n) is 12.5. The molecule has 2 rings (SSSR count). The van der Waals surface area contributed by atoms with E-state index in [0.717, 1.165) is 11.3 Å². The smallest absolute Gasteiger partial charge is 0.292 e. The van der Waals surface area contributed by atoms with Crippen LogP contribution in [0, 0.1) is 17.0 Å². The van der Waals surface area contributed by atoms with Gasteiger partial charge in [-0.25, -0.2) is 0 Å². The van der Waals surface area contributed by atoms with Crippen molar-refractivity contribution in [3.8, 4) is 0 Å². The Balaban J connectivity index is 2.21. The molecule has 0 aliphatic carbocycles. The number of hydrogen-bond acceptors (Lipinski definition) is 4. The van der Waals surface area contributed by atoms with E-state index in [9.17, 15) is 10.1 Å². The van der Waals surface area contributed by atoms with Crippen LogP contribution in [0.5, 0.6) is 0 Å². The molecule has 2 aromatic carbocycles. The first-order valence-corrected chi connectivity index (χ1v) is 6.74. The second kappa shape index (κ2) is 6.26. The van der Waals surface area contributed by atoms with Crippen molar-refractivity contribution in [1.82, 2.24) is 0 Å². The van der Waals surface area contributed by atoms with Gasteiger partial charge in [0, 0.05) is 32.4 Å². The van der Waals surface area contributed by atoms with Crippen molar-refractivity contribution in [3.63, 3.8) is 0 Å². The van der Waals surface area contributed by atoms with E-state index in [1.165, 1.54) is 5.56 Å². The highest BCUT2D eigenvalue weighted by Gasteiger charge is 2.13. The molecular weight excluding hydrogens is 266 g/mol. The average molecular weight is 285 g/mol. The molecule has 21 heavy (non-hydrogen) atoms. The molecule has 0 aliphatic heterocycles. The maximum absolute atomic E-state index is 10.9. The van der Waals surface area contributed by atoms with Gasteiger partial charge in [0.25, 0.3) is 5.69 Å². The van der Waals surface area contributed by atoms with Crippen molar-refractivity contribution in [3.05, 3.63) is 63.7 Å². The van der Waals surface area contributed by atoms with Crippen molar-refractivity contribution in [1.29, 1.82) is 0 Å². The highest BCUT2D eigenvalue weighted by atomic mass is 16.6. The van der Waals surface area contributed by atoms with Crippen LogP contribution in [0.4, 0.5) is 17.1 Å². The van der Waals surface area contributed by atoms with Crippen LogP contribution >= 0.6 is 0 Å². The quantitative estimate of drug-likeness (QED) is 0.674. The molecule has 0 bridgehead atoms. The topological polar surface area (TPSA) is 58.4 Å². The lowest BCUT2D eigenvalue weighted by atomic mass is 10.1. The Bertz CT molecular complexity index is 656. The molecule has 0 saturated heterocycles. The molecule has 0 atom stereocenters. The molecule has 5 nitrogen and oxygen atoms in total. The van der Waals surface area contributed by atoms with Crippen LogP contribution in [-0.4, -0.2) is 19.0 Å². The lowest BCUT2D eigenvalue weighted by Crippen LogP contribution is -2.16. The molecule has 0 heterocycles. The van der Waals surface area contributed by atoms with E-state index in [4.69, 9.17) is 0 Å². The third-order valence-electron chi connectivity index (χ3n) is 3.39. The first-order valence-electron chi connectivity index (χ1n) is 6.74. The second-order valence-corrected chi connectivity index (χ2v) is 5.05. The SMILES string of the molecule is CNc1cc(CN(C)c2cccc(C)c2)ccc1[N+](=O)[O-]. The van der Waals surface area contributed by atoms with Crippen LogP contribution in [0.2, 0.25) is 0 Å². The number of nitro benzene ring substituents is 1. The van der Waals surface area contributed by atoms with Crippen molar-refractivity contribution in [2.45, 2.75) is 13.5 Å². The predicted octanol–water partition coefficient (Wildman–Crippen LogP) is 3.58. The molecule has 0 fully saturated rings. The molecule has 0 amide bonds. The van der Waals surface area contributed by atoms with E-state index in [1.54, 1.807) is 19.2 Å². The zero-order valence-corrected chi connectivity index (χ0v) is 12.5. The van der Waals surface area contributed by atoms with Gasteiger partial charge in [0.1, 0.15) is 5.69 Å². The summed E-state index contributed by atoms with van der Waals surface area (Å²) in [6, 6.07) is 13.4. The Hall–Kier alpha value is -2.56. The van der Waals surface area contributed by atoms with Crippen LogP contribution < -0.4 is 10.2 Å². The van der Waals surface area contributed by atoms with Crippen LogP contribution in [0.25, 0.3) is 0 Å². The lowest BCUT2D eigenvalue weighted by molar-refractivity contribution is -0.383. The molecular formula is C16H19N3O2. The fourth-order valence-corrected chi connectivity index (χ4v) is 2.27. The minimum absolute atomic E-state index is 0.0967. The van der Waals surface area contributed by atoms with Crippen LogP contribution in [0.3, 0.4) is 0 Å². The van der Waals surface area contributed by atoms with Gasteiger partial charge in [-0.05, 0) is 36.2 Å². The van der Waals surface area contributed by atoms with E-state index in [0.29, 0.717) is 12.2 Å². The van der Waals surface area contributed by atoms with Crippen molar-refractivity contribution < 1.29 is 4.92 Å². The van der Waals surface area contributed by atoms with Gasteiger partial charge in [0.15, 0.2) is 0 Å². The monoisotopic (exact) mass is 285 g/mol. The minimum Gasteiger partial charge on any atom is -0.383 e. The predicted molar refractivity (Wildman–Crippen MR) is 85.9 cm³/mol. The number of nitro groups is 1. The molecule has 0 saturated carbocycles. The highest BCUT2D eigenvalue weighted by Crippen LogP contribution is 2.26. The standard InChI is InChI=1S/C16H19N3O2/c1-12-5-4-6-14(9-12)18(3)11-13-7-8-16(19(20)21)15(10-13)17-2/h4-10,17H,11H2,1-3H3. The summed E-state index contributed by atoms with van der Waals surface area (Å²) in [5.74, 6) is 0. The van der Waals surface area contributed by atoms with Crippen molar-refractivity contribution in [2.75, 3.05) is 24.3 Å². The third-order valence-corrected chi connectivity index (χ3v) is 3.39. The average Bonchev–Trinajstić information content (AvgIpc) is 2.46. The Kier molecular flexibility index (Phi) is 4.42. The Morgan fingerprint density at radius 2 is 2.00 bits per heavy atom. The molecule has 0 aromatic heterocycles. The number of benzene rings is 2. The summed E-state index contributed by atoms with van der Waals surface area (Å²) >= 11 is 0. The highest BCUT2D eigenvalue weighted by molar-refractivity contribution is 5.63. The summed E-state index contributed by atoms with van der Waals surface area (Å²) in [6.07, 6.45) is 0. The number of anilines is 2. The number of hydrogen-bond donors (Lipinski definition) is 1. The first kappa shape index (κ1) is 14.8. The maximum atomic E-state index is 10.9. The molecule has 110 valence electrons. The molecule has 0 spiro atoms. The van der Waals surface area contributed by atoms with Crippen LogP contribution in [0.15, 0.2) is 42.5 Å². The Labute approximate surface area is 124 Å². The van der Waals surface area contributed by atoms with E-state index < -0.39 is 0 Å². The second-order valence-electron chi connectivity index (χ2n) is 5.05. The summed E-state index contributed by atoms with van der Waals surface area (Å²) in [7, 11) is 3.70. The van der Waals surface area contributed by atoms with Crippen LogP contribution in [-0.2, 0) is 6.54 Å². The molecule has 0 radical (unpaired) electrons. The zero-order chi connectivity index (χ0) is 15.4. The number of aryl methyl sites for hydroxylation is 1. The van der Waals surface area contributed by atoms with Crippen molar-refractivity contribution >= 4 is 17.1 Å². The summed E-state index contributed by atoms with van der Waals surface area (Å²) in [4.78, 5) is 12.7. The number of nitrogens with zero attached hydrogens (tertiary/aromatic N) is 2. The molecule has 0 aliphatic rings. The van der Waals surface area contributed by atoms with E-state index in [1.807, 2.05) is 19.2 Å². The van der Waals surface area contributed by atoms with Gasteiger partial charge in [-0.3, -0.25) is 10.1 Å². The molecule has 5 heteroatoms. The fraction of sp³-hybridized carbons (Fsp3) is 0.250. The summed E-state index contributed by atoms with van der Waals surface area (Å²) < 4.78 is 0. The Morgan fingerprint density at radius 1 is 1.24 bits per heavy atom. The van der Waals surface area contributed by atoms with E-state index in [2.05, 4.69) is 35.3 Å². The fourth-order valence-electron chi connectivity index (χ4n) is 2.27. The van der Waals surface area contributed by atoms with Gasteiger partial charge in [0.2, 0.25) is 0 Å². The summed E-state index contributed by atoms with van der Waals surface area (Å²) in [5, 5.41) is 13.8. The first-order chi connectivity index (χ1) is 10.0. The Morgan fingerprint density at radius 3 is 2.62 bits per heavy atom. The molecule has 2 aromatic rings. The van der Waals surface area contributed by atoms with Gasteiger partial charge in [-0.1, -0.05) is 18.2 Å². The van der Waals surface area contributed by atoms with Crippen molar-refractivity contribution in [2.24, 2.45) is 0 Å². The largest absolute Gasteiger partial charge is 0.383 e. The molecule has 1 N–H and O–H groups in total. The minimum atomic E-state index is -0.375. The van der Waals surface area contributed by atoms with E-state index in [-0.39, 0.29) is 10.6 Å². The van der Waals surface area contributed by atoms with Crippen LogP contribution in [0.1, 0.15) is 11.1 Å². The number of rotatable bonds is 5. The summed E-state index contributed by atoms with van der Waals surface area (Å²) in [6.45, 7) is 2.75. The van der Waals surface area contributed by atoms with Gasteiger partial charge < -0.3 is 10.2 Å². The normalized spacial score (nSPS) is 10.2. The third kappa shape index (κ3) is 3.51. The van der Waals surface area contributed by atoms with Gasteiger partial charge >= 0.3 is 0 Å². The number of nitrogens with one attached hydrogen (secondary N) is 1. The molecule has 0 unspecified atom stereocenters. The van der Waals surface area contributed by atoms with E-state index >= 15 is 0 Å². The van der Waals surface area contributed by atoms with Gasteiger partial charge in [-0.15, -0.1) is 0 Å². The van der Waals surface area contributed by atoms with Gasteiger partial charge in [-0.2, -0.15) is 0 Å².